The number of ether oxygens (including phenoxy) is 2. The molecule has 8 nitrogen and oxygen atoms in total. The molecule has 0 saturated heterocycles. The summed E-state index contributed by atoms with van der Waals surface area (Å²) in [6.45, 7) is 4.58. The third kappa shape index (κ3) is 4.48. The van der Waals surface area contributed by atoms with Gasteiger partial charge >= 0.3 is 0 Å². The van der Waals surface area contributed by atoms with Crippen molar-refractivity contribution in [2.45, 2.75) is 13.8 Å². The molecule has 158 valence electrons. The molecule has 1 amide bonds. The Morgan fingerprint density at radius 2 is 1.81 bits per heavy atom. The standard InChI is InChI=1S/C23H23N5O3/c1-15-12-16(2)14-17(13-15)23(29)24-10-11-31-21-9-8-20-25-26-22(28(20)27-21)18-6-4-5-7-19(18)30-3/h4-9,12-14H,10-11H2,1-3H3,(H,24,29). The predicted molar refractivity (Wildman–Crippen MR) is 117 cm³/mol. The van der Waals surface area contributed by atoms with E-state index in [0.717, 1.165) is 16.7 Å². The molecule has 8 heteroatoms. The molecule has 1 N–H and O–H groups in total. The van der Waals surface area contributed by atoms with E-state index in [1.54, 1.807) is 23.8 Å². The van der Waals surface area contributed by atoms with Gasteiger partial charge in [-0.2, -0.15) is 4.52 Å². The van der Waals surface area contributed by atoms with E-state index < -0.39 is 0 Å². The van der Waals surface area contributed by atoms with Crippen LogP contribution in [0.25, 0.3) is 17.0 Å². The van der Waals surface area contributed by atoms with Crippen molar-refractivity contribution in [1.82, 2.24) is 25.1 Å². The van der Waals surface area contributed by atoms with Gasteiger partial charge in [-0.3, -0.25) is 4.79 Å². The first-order valence-electron chi connectivity index (χ1n) is 9.90. The number of amides is 1. The lowest BCUT2D eigenvalue weighted by Crippen LogP contribution is -2.28. The summed E-state index contributed by atoms with van der Waals surface area (Å²) >= 11 is 0. The van der Waals surface area contributed by atoms with Gasteiger partial charge in [0.2, 0.25) is 5.88 Å². The van der Waals surface area contributed by atoms with Gasteiger partial charge < -0.3 is 14.8 Å². The van der Waals surface area contributed by atoms with Crippen molar-refractivity contribution in [2.24, 2.45) is 0 Å². The summed E-state index contributed by atoms with van der Waals surface area (Å²) in [7, 11) is 1.61. The summed E-state index contributed by atoms with van der Waals surface area (Å²) in [6.07, 6.45) is 0. The summed E-state index contributed by atoms with van der Waals surface area (Å²) in [5, 5.41) is 15.8. The fourth-order valence-corrected chi connectivity index (χ4v) is 3.37. The third-order valence-electron chi connectivity index (χ3n) is 4.71. The van der Waals surface area contributed by atoms with Crippen LogP contribution < -0.4 is 14.8 Å². The molecule has 2 heterocycles. The topological polar surface area (TPSA) is 90.6 Å². The minimum absolute atomic E-state index is 0.129. The van der Waals surface area contributed by atoms with Crippen LogP contribution in [0.1, 0.15) is 21.5 Å². The average Bonchev–Trinajstić information content (AvgIpc) is 3.19. The maximum atomic E-state index is 12.3. The van der Waals surface area contributed by atoms with Crippen LogP contribution in [0.2, 0.25) is 0 Å². The van der Waals surface area contributed by atoms with Gasteiger partial charge in [0.15, 0.2) is 11.5 Å². The van der Waals surface area contributed by atoms with E-state index in [2.05, 4.69) is 20.6 Å². The molecule has 0 aliphatic carbocycles. The highest BCUT2D eigenvalue weighted by Gasteiger charge is 2.14. The first-order valence-corrected chi connectivity index (χ1v) is 9.90. The van der Waals surface area contributed by atoms with Crippen LogP contribution in [0.4, 0.5) is 0 Å². The molecule has 0 unspecified atom stereocenters. The molecule has 0 aliphatic heterocycles. The molecule has 31 heavy (non-hydrogen) atoms. The zero-order valence-corrected chi connectivity index (χ0v) is 17.6. The molecule has 4 aromatic rings. The molecule has 0 bridgehead atoms. The highest BCUT2D eigenvalue weighted by Crippen LogP contribution is 2.28. The zero-order valence-electron chi connectivity index (χ0n) is 17.6. The SMILES string of the molecule is COc1ccccc1-c1nnc2ccc(OCCNC(=O)c3cc(C)cc(C)c3)nn12. The van der Waals surface area contributed by atoms with Crippen molar-refractivity contribution in [3.63, 3.8) is 0 Å². The molecule has 2 aromatic carbocycles. The zero-order chi connectivity index (χ0) is 21.8. The lowest BCUT2D eigenvalue weighted by atomic mass is 10.1. The number of aromatic nitrogens is 4. The van der Waals surface area contributed by atoms with Crippen LogP contribution >= 0.6 is 0 Å². The molecule has 2 aromatic heterocycles. The van der Waals surface area contributed by atoms with Crippen LogP contribution in [-0.4, -0.2) is 46.0 Å². The molecule has 0 atom stereocenters. The van der Waals surface area contributed by atoms with E-state index in [-0.39, 0.29) is 12.5 Å². The Morgan fingerprint density at radius 1 is 1.03 bits per heavy atom. The van der Waals surface area contributed by atoms with Crippen molar-refractivity contribution < 1.29 is 14.3 Å². The summed E-state index contributed by atoms with van der Waals surface area (Å²) < 4.78 is 12.8. The van der Waals surface area contributed by atoms with E-state index in [4.69, 9.17) is 9.47 Å². The van der Waals surface area contributed by atoms with Gasteiger partial charge in [0.05, 0.1) is 19.2 Å². The summed E-state index contributed by atoms with van der Waals surface area (Å²) in [5.41, 5.74) is 4.12. The van der Waals surface area contributed by atoms with Crippen molar-refractivity contribution >= 4 is 11.6 Å². The van der Waals surface area contributed by atoms with Crippen molar-refractivity contribution in [2.75, 3.05) is 20.3 Å². The van der Waals surface area contributed by atoms with E-state index in [9.17, 15) is 4.79 Å². The molecule has 0 saturated carbocycles. The highest BCUT2D eigenvalue weighted by molar-refractivity contribution is 5.94. The van der Waals surface area contributed by atoms with E-state index >= 15 is 0 Å². The Labute approximate surface area is 179 Å². The molecule has 0 aliphatic rings. The van der Waals surface area contributed by atoms with Gasteiger partial charge in [0, 0.05) is 11.6 Å². The van der Waals surface area contributed by atoms with E-state index in [1.807, 2.05) is 56.3 Å². The van der Waals surface area contributed by atoms with Crippen LogP contribution in [0.15, 0.2) is 54.6 Å². The minimum atomic E-state index is -0.129. The Morgan fingerprint density at radius 3 is 2.58 bits per heavy atom. The van der Waals surface area contributed by atoms with Crippen LogP contribution in [-0.2, 0) is 0 Å². The maximum Gasteiger partial charge on any atom is 0.251 e. The lowest BCUT2D eigenvalue weighted by Gasteiger charge is -2.09. The quantitative estimate of drug-likeness (QED) is 0.464. The number of fused-ring (bicyclic) bond motifs is 1. The Bertz CT molecular complexity index is 1210. The van der Waals surface area contributed by atoms with Gasteiger partial charge in [0.1, 0.15) is 12.4 Å². The van der Waals surface area contributed by atoms with Crippen LogP contribution in [0, 0.1) is 13.8 Å². The Kier molecular flexibility index (Phi) is 5.79. The second-order valence-corrected chi connectivity index (χ2v) is 7.15. The Hall–Kier alpha value is -3.94. The molecular weight excluding hydrogens is 394 g/mol. The second kappa shape index (κ2) is 8.83. The number of para-hydroxylation sites is 1. The van der Waals surface area contributed by atoms with Gasteiger partial charge in [-0.05, 0) is 44.2 Å². The number of nitrogens with one attached hydrogen (secondary N) is 1. The van der Waals surface area contributed by atoms with Crippen LogP contribution in [0.3, 0.4) is 0 Å². The number of hydrogen-bond acceptors (Lipinski definition) is 6. The van der Waals surface area contributed by atoms with Gasteiger partial charge in [0.25, 0.3) is 5.91 Å². The van der Waals surface area contributed by atoms with Crippen molar-refractivity contribution in [3.8, 4) is 23.0 Å². The number of nitrogens with zero attached hydrogens (tertiary/aromatic N) is 4. The van der Waals surface area contributed by atoms with Gasteiger partial charge in [-0.1, -0.05) is 29.3 Å². The molecule has 0 spiro atoms. The van der Waals surface area contributed by atoms with Crippen molar-refractivity contribution in [1.29, 1.82) is 0 Å². The van der Waals surface area contributed by atoms with E-state index in [0.29, 0.717) is 35.2 Å². The summed E-state index contributed by atoms with van der Waals surface area (Å²) in [5.74, 6) is 1.51. The minimum Gasteiger partial charge on any atom is -0.496 e. The number of methoxy groups -OCH3 is 1. The summed E-state index contributed by atoms with van der Waals surface area (Å²) in [6, 6.07) is 16.8. The lowest BCUT2D eigenvalue weighted by molar-refractivity contribution is 0.0946. The smallest absolute Gasteiger partial charge is 0.251 e. The van der Waals surface area contributed by atoms with Gasteiger partial charge in [-0.25, -0.2) is 0 Å². The van der Waals surface area contributed by atoms with E-state index in [1.165, 1.54) is 0 Å². The monoisotopic (exact) mass is 417 g/mol. The molecule has 4 rings (SSSR count). The normalized spacial score (nSPS) is 10.8. The largest absolute Gasteiger partial charge is 0.496 e. The number of aryl methyl sites for hydroxylation is 2. The van der Waals surface area contributed by atoms with Crippen molar-refractivity contribution in [3.05, 3.63) is 71.3 Å². The number of hydrogen-bond donors (Lipinski definition) is 1. The fraction of sp³-hybridized carbons (Fsp3) is 0.217. The number of carbonyl (C=O) groups excluding carboxylic acids is 1. The molecular formula is C23H23N5O3. The predicted octanol–water partition coefficient (Wildman–Crippen LogP) is 3.23. The average molecular weight is 417 g/mol. The first kappa shape index (κ1) is 20.3. The number of carbonyl (C=O) groups is 1. The molecule has 0 fully saturated rings. The van der Waals surface area contributed by atoms with Gasteiger partial charge in [-0.15, -0.1) is 15.3 Å². The molecule has 0 radical (unpaired) electrons. The van der Waals surface area contributed by atoms with Crippen LogP contribution in [0.5, 0.6) is 11.6 Å². The maximum absolute atomic E-state index is 12.3. The Balaban J connectivity index is 1.43. The third-order valence-corrected chi connectivity index (χ3v) is 4.71. The fourth-order valence-electron chi connectivity index (χ4n) is 3.37. The second-order valence-electron chi connectivity index (χ2n) is 7.15. The first-order chi connectivity index (χ1) is 15.0. The number of rotatable bonds is 7. The summed E-state index contributed by atoms with van der Waals surface area (Å²) in [4.78, 5) is 12.3. The highest BCUT2D eigenvalue weighted by atomic mass is 16.5. The number of benzene rings is 2.